The Bertz CT molecular complexity index is 844. The van der Waals surface area contributed by atoms with Crippen LogP contribution in [0.5, 0.6) is 0 Å². The van der Waals surface area contributed by atoms with Gasteiger partial charge in [-0.25, -0.2) is 4.98 Å². The van der Waals surface area contributed by atoms with E-state index in [0.29, 0.717) is 5.65 Å². The smallest absolute Gasteiger partial charge is 0.226 e. The highest BCUT2D eigenvalue weighted by Gasteiger charge is 2.22. The van der Waals surface area contributed by atoms with Crippen molar-refractivity contribution >= 4 is 58.3 Å². The normalized spacial score (nSPS) is 14.8. The number of fused-ring (bicyclic) bond motifs is 1. The number of para-hydroxylation sites is 1. The number of nitrogens with one attached hydrogen (secondary N) is 1. The van der Waals surface area contributed by atoms with Crippen molar-refractivity contribution in [1.29, 1.82) is 0 Å². The molecular formula is C15H15Cl3N6. The average molecular weight is 386 g/mol. The molecule has 1 N–H and O–H groups in total. The lowest BCUT2D eigenvalue weighted by Gasteiger charge is -2.37. The number of H-pyrrole nitrogens is 1. The Morgan fingerprint density at radius 3 is 2.42 bits per heavy atom. The molecule has 126 valence electrons. The first-order chi connectivity index (χ1) is 11.2. The van der Waals surface area contributed by atoms with Crippen LogP contribution in [0.25, 0.3) is 11.2 Å². The largest absolute Gasteiger partial charge is 0.367 e. The molecule has 1 fully saturated rings. The van der Waals surface area contributed by atoms with Crippen LogP contribution in [0.15, 0.2) is 30.6 Å². The number of anilines is 2. The summed E-state index contributed by atoms with van der Waals surface area (Å²) >= 11 is 12.3. The number of nitrogens with zero attached hydrogens (tertiary/aromatic N) is 5. The van der Waals surface area contributed by atoms with E-state index in [1.54, 1.807) is 6.33 Å². The second kappa shape index (κ2) is 7.01. The minimum Gasteiger partial charge on any atom is -0.367 e. The third-order valence-electron chi connectivity index (χ3n) is 4.01. The molecule has 4 rings (SSSR count). The maximum absolute atomic E-state index is 6.29. The van der Waals surface area contributed by atoms with Gasteiger partial charge >= 0.3 is 0 Å². The zero-order chi connectivity index (χ0) is 15.8. The number of rotatable bonds is 2. The third kappa shape index (κ3) is 3.09. The van der Waals surface area contributed by atoms with Crippen molar-refractivity contribution in [2.45, 2.75) is 0 Å². The zero-order valence-electron chi connectivity index (χ0n) is 12.6. The van der Waals surface area contributed by atoms with Gasteiger partial charge in [0.15, 0.2) is 11.5 Å². The fourth-order valence-electron chi connectivity index (χ4n) is 2.89. The fourth-order valence-corrected chi connectivity index (χ4v) is 3.30. The van der Waals surface area contributed by atoms with E-state index in [-0.39, 0.29) is 17.7 Å². The molecule has 0 aliphatic carbocycles. The lowest BCUT2D eigenvalue weighted by molar-refractivity contribution is 0.648. The van der Waals surface area contributed by atoms with Crippen LogP contribution < -0.4 is 9.80 Å². The topological polar surface area (TPSA) is 60.9 Å². The van der Waals surface area contributed by atoms with Gasteiger partial charge in [-0.3, -0.25) is 0 Å². The Kier molecular flexibility index (Phi) is 4.99. The zero-order valence-corrected chi connectivity index (χ0v) is 14.9. The van der Waals surface area contributed by atoms with E-state index in [0.717, 1.165) is 48.2 Å². The van der Waals surface area contributed by atoms with Crippen molar-refractivity contribution in [3.05, 3.63) is 40.9 Å². The van der Waals surface area contributed by atoms with Gasteiger partial charge in [0.05, 0.1) is 17.0 Å². The molecule has 3 heterocycles. The number of imidazole rings is 1. The first kappa shape index (κ1) is 17.1. The van der Waals surface area contributed by atoms with E-state index >= 15 is 0 Å². The first-order valence-corrected chi connectivity index (χ1v) is 8.09. The molecule has 0 amide bonds. The van der Waals surface area contributed by atoms with Gasteiger partial charge in [-0.15, -0.1) is 12.4 Å². The molecule has 0 bridgehead atoms. The Morgan fingerprint density at radius 1 is 0.958 bits per heavy atom. The van der Waals surface area contributed by atoms with Crippen molar-refractivity contribution in [1.82, 2.24) is 19.9 Å². The monoisotopic (exact) mass is 384 g/mol. The molecule has 3 aromatic rings. The molecule has 1 aliphatic rings. The van der Waals surface area contributed by atoms with Crippen molar-refractivity contribution in [2.75, 3.05) is 36.0 Å². The van der Waals surface area contributed by atoms with E-state index in [9.17, 15) is 0 Å². The molecule has 9 heteroatoms. The minimum absolute atomic E-state index is 0. The Balaban J connectivity index is 0.00000169. The second-order valence-corrected chi connectivity index (χ2v) is 6.09. The van der Waals surface area contributed by atoms with Crippen LogP contribution in [0.2, 0.25) is 10.3 Å². The van der Waals surface area contributed by atoms with Crippen LogP contribution >= 0.6 is 35.6 Å². The number of halogens is 3. The van der Waals surface area contributed by atoms with E-state index in [1.807, 2.05) is 24.3 Å². The summed E-state index contributed by atoms with van der Waals surface area (Å²) in [5, 5.41) is 0.995. The van der Waals surface area contributed by atoms with Gasteiger partial charge in [0.1, 0.15) is 5.52 Å². The number of benzene rings is 1. The van der Waals surface area contributed by atoms with Crippen LogP contribution in [-0.2, 0) is 0 Å². The fraction of sp³-hybridized carbons (Fsp3) is 0.267. The summed E-state index contributed by atoms with van der Waals surface area (Å²) in [4.78, 5) is 20.2. The van der Waals surface area contributed by atoms with E-state index in [4.69, 9.17) is 23.2 Å². The molecule has 0 atom stereocenters. The molecule has 2 aromatic heterocycles. The van der Waals surface area contributed by atoms with Gasteiger partial charge < -0.3 is 14.8 Å². The number of aromatic nitrogens is 4. The Labute approximate surface area is 155 Å². The Hall–Kier alpha value is -1.76. The first-order valence-electron chi connectivity index (χ1n) is 7.33. The van der Waals surface area contributed by atoms with Crippen LogP contribution in [0.1, 0.15) is 0 Å². The van der Waals surface area contributed by atoms with Crippen LogP contribution in [0.3, 0.4) is 0 Å². The Morgan fingerprint density at radius 2 is 1.67 bits per heavy atom. The quantitative estimate of drug-likeness (QED) is 0.685. The number of hydrogen-bond acceptors (Lipinski definition) is 5. The predicted molar refractivity (Wildman–Crippen MR) is 99.8 cm³/mol. The van der Waals surface area contributed by atoms with E-state index in [2.05, 4.69) is 29.7 Å². The number of piperazine rings is 1. The predicted octanol–water partition coefficient (Wildman–Crippen LogP) is 3.41. The molecular weight excluding hydrogens is 371 g/mol. The number of aromatic amines is 1. The molecule has 0 spiro atoms. The second-order valence-electron chi connectivity index (χ2n) is 5.34. The average Bonchev–Trinajstić information content (AvgIpc) is 3.03. The van der Waals surface area contributed by atoms with Crippen LogP contribution in [0, 0.1) is 0 Å². The molecule has 1 aliphatic heterocycles. The lowest BCUT2D eigenvalue weighted by atomic mass is 10.2. The molecule has 6 nitrogen and oxygen atoms in total. The SMILES string of the molecule is Cl.Clc1nc(N2CCN(c3ccccc3Cl)CC2)c2[nH]cnc2n1. The summed E-state index contributed by atoms with van der Waals surface area (Å²) in [7, 11) is 0. The molecule has 0 radical (unpaired) electrons. The van der Waals surface area contributed by atoms with Crippen molar-refractivity contribution in [2.24, 2.45) is 0 Å². The minimum atomic E-state index is 0. The van der Waals surface area contributed by atoms with E-state index < -0.39 is 0 Å². The molecule has 0 saturated carbocycles. The van der Waals surface area contributed by atoms with Gasteiger partial charge in [-0.2, -0.15) is 9.97 Å². The summed E-state index contributed by atoms with van der Waals surface area (Å²) in [6.07, 6.45) is 1.61. The van der Waals surface area contributed by atoms with Gasteiger partial charge in [-0.05, 0) is 23.7 Å². The third-order valence-corrected chi connectivity index (χ3v) is 4.50. The maximum Gasteiger partial charge on any atom is 0.226 e. The molecule has 1 aromatic carbocycles. The van der Waals surface area contributed by atoms with Gasteiger partial charge in [0.25, 0.3) is 0 Å². The summed E-state index contributed by atoms with van der Waals surface area (Å²) in [6.45, 7) is 3.38. The maximum atomic E-state index is 6.29. The highest BCUT2D eigenvalue weighted by Crippen LogP contribution is 2.28. The molecule has 0 unspecified atom stereocenters. The van der Waals surface area contributed by atoms with Crippen molar-refractivity contribution in [3.63, 3.8) is 0 Å². The summed E-state index contributed by atoms with van der Waals surface area (Å²) < 4.78 is 0. The van der Waals surface area contributed by atoms with Crippen molar-refractivity contribution < 1.29 is 0 Å². The van der Waals surface area contributed by atoms with Crippen LogP contribution in [-0.4, -0.2) is 46.1 Å². The summed E-state index contributed by atoms with van der Waals surface area (Å²) in [5.41, 5.74) is 2.48. The standard InChI is InChI=1S/C15H14Cl2N6.ClH/c16-10-3-1-2-4-11(10)22-5-7-23(8-6-22)14-12-13(19-9-18-12)20-15(17)21-14;/h1-4,9H,5-8H2,(H,18,19,20,21);1H. The van der Waals surface area contributed by atoms with Gasteiger partial charge in [-0.1, -0.05) is 23.7 Å². The van der Waals surface area contributed by atoms with Crippen LogP contribution in [0.4, 0.5) is 11.5 Å². The van der Waals surface area contributed by atoms with E-state index in [1.165, 1.54) is 0 Å². The number of hydrogen-bond donors (Lipinski definition) is 1. The van der Waals surface area contributed by atoms with Gasteiger partial charge in [0.2, 0.25) is 5.28 Å². The highest BCUT2D eigenvalue weighted by molar-refractivity contribution is 6.33. The summed E-state index contributed by atoms with van der Waals surface area (Å²) in [5.74, 6) is 0.802. The highest BCUT2D eigenvalue weighted by atomic mass is 35.5. The summed E-state index contributed by atoms with van der Waals surface area (Å²) in [6, 6.07) is 7.92. The lowest BCUT2D eigenvalue weighted by Crippen LogP contribution is -2.47. The van der Waals surface area contributed by atoms with Crippen molar-refractivity contribution in [3.8, 4) is 0 Å². The molecule has 1 saturated heterocycles. The molecule has 24 heavy (non-hydrogen) atoms. The van der Waals surface area contributed by atoms with Gasteiger partial charge in [0, 0.05) is 26.2 Å².